The normalized spacial score (nSPS) is 50.5. The van der Waals surface area contributed by atoms with Crippen LogP contribution in [-0.2, 0) is 0 Å². The standard InChI is InChI=1S/C20H30/c1-17(2)13-7-10-20(17,6)16(11-13)14-12-19(5)9-8-15(14)18(19,3)4/h11-13,15H,7-10H2,1-6H3/t13-,15+,19+,20-/m0/s1. The van der Waals surface area contributed by atoms with Gasteiger partial charge in [0, 0.05) is 0 Å². The SMILES string of the molecule is CC1(C)[C@@H]2CC[C@]1(C)C=C2C1=C[C@@H]2CC[C@]1(C)C2(C)C. The lowest BCUT2D eigenvalue weighted by Gasteiger charge is -2.40. The first-order valence-corrected chi connectivity index (χ1v) is 8.59. The first-order chi connectivity index (χ1) is 9.13. The zero-order valence-electron chi connectivity index (χ0n) is 14.1. The van der Waals surface area contributed by atoms with Gasteiger partial charge < -0.3 is 0 Å². The van der Waals surface area contributed by atoms with Crippen LogP contribution in [0.4, 0.5) is 0 Å². The van der Waals surface area contributed by atoms with Gasteiger partial charge in [0.15, 0.2) is 0 Å². The molecule has 0 unspecified atom stereocenters. The molecule has 4 bridgehead atoms. The highest BCUT2D eigenvalue weighted by molar-refractivity contribution is 5.51. The van der Waals surface area contributed by atoms with E-state index in [1.165, 1.54) is 25.7 Å². The maximum Gasteiger partial charge on any atom is -0.00186 e. The molecule has 0 spiro atoms. The molecule has 110 valence electrons. The molecule has 4 rings (SSSR count). The summed E-state index contributed by atoms with van der Waals surface area (Å²) in [5.74, 6) is 1.63. The van der Waals surface area contributed by atoms with Crippen molar-refractivity contribution in [3.8, 4) is 0 Å². The number of rotatable bonds is 1. The molecular weight excluding hydrogens is 240 g/mol. The Bertz CT molecular complexity index is 544. The summed E-state index contributed by atoms with van der Waals surface area (Å²) in [7, 11) is 0. The monoisotopic (exact) mass is 270 g/mol. The summed E-state index contributed by atoms with van der Waals surface area (Å²) in [6.07, 6.45) is 11.0. The van der Waals surface area contributed by atoms with Crippen molar-refractivity contribution in [2.24, 2.45) is 33.5 Å². The summed E-state index contributed by atoms with van der Waals surface area (Å²) >= 11 is 0. The third-order valence-electron chi connectivity index (χ3n) is 8.72. The van der Waals surface area contributed by atoms with Gasteiger partial charge in [-0.05, 0) is 70.3 Å². The zero-order chi connectivity index (χ0) is 14.6. The van der Waals surface area contributed by atoms with Gasteiger partial charge in [-0.2, -0.15) is 0 Å². The second kappa shape index (κ2) is 3.28. The average Bonchev–Trinajstić information content (AvgIpc) is 2.87. The van der Waals surface area contributed by atoms with Gasteiger partial charge in [0.1, 0.15) is 0 Å². The van der Waals surface area contributed by atoms with E-state index in [0.29, 0.717) is 21.7 Å². The first-order valence-electron chi connectivity index (χ1n) is 8.59. The maximum absolute atomic E-state index is 2.69. The van der Waals surface area contributed by atoms with Gasteiger partial charge in [-0.25, -0.2) is 0 Å². The molecule has 2 saturated carbocycles. The largest absolute Gasteiger partial charge is 0.0768 e. The van der Waals surface area contributed by atoms with Gasteiger partial charge in [-0.1, -0.05) is 53.7 Å². The first kappa shape index (κ1) is 13.2. The van der Waals surface area contributed by atoms with Gasteiger partial charge >= 0.3 is 0 Å². The molecule has 4 aliphatic carbocycles. The van der Waals surface area contributed by atoms with Crippen LogP contribution in [0.1, 0.15) is 67.2 Å². The Morgan fingerprint density at radius 3 is 2.00 bits per heavy atom. The lowest BCUT2D eigenvalue weighted by molar-refractivity contribution is 0.164. The number of fused-ring (bicyclic) bond motifs is 4. The van der Waals surface area contributed by atoms with Gasteiger partial charge in [0.05, 0.1) is 0 Å². The van der Waals surface area contributed by atoms with Crippen LogP contribution >= 0.6 is 0 Å². The molecule has 0 saturated heterocycles. The Kier molecular flexibility index (Phi) is 2.16. The van der Waals surface area contributed by atoms with E-state index in [1.54, 1.807) is 11.1 Å². The minimum absolute atomic E-state index is 0.431. The topological polar surface area (TPSA) is 0 Å². The van der Waals surface area contributed by atoms with Crippen molar-refractivity contribution in [1.29, 1.82) is 0 Å². The fourth-order valence-electron chi connectivity index (χ4n) is 6.15. The van der Waals surface area contributed by atoms with Crippen molar-refractivity contribution in [3.63, 3.8) is 0 Å². The van der Waals surface area contributed by atoms with Crippen LogP contribution in [0.3, 0.4) is 0 Å². The number of hydrogen-bond acceptors (Lipinski definition) is 0. The Morgan fingerprint density at radius 2 is 1.60 bits per heavy atom. The lowest BCUT2D eigenvalue weighted by atomic mass is 9.64. The Labute approximate surface area is 124 Å². The Morgan fingerprint density at radius 1 is 0.900 bits per heavy atom. The molecule has 4 aliphatic rings. The summed E-state index contributed by atoms with van der Waals surface area (Å²) in [6, 6.07) is 0. The van der Waals surface area contributed by atoms with Gasteiger partial charge in [-0.3, -0.25) is 0 Å². The quantitative estimate of drug-likeness (QED) is 0.569. The molecule has 20 heavy (non-hydrogen) atoms. The molecule has 0 heterocycles. The third-order valence-corrected chi connectivity index (χ3v) is 8.72. The minimum atomic E-state index is 0.431. The van der Waals surface area contributed by atoms with E-state index in [-0.39, 0.29) is 0 Å². The van der Waals surface area contributed by atoms with Crippen molar-refractivity contribution in [3.05, 3.63) is 23.3 Å². The van der Waals surface area contributed by atoms with Crippen LogP contribution in [-0.4, -0.2) is 0 Å². The molecule has 0 aromatic carbocycles. The van der Waals surface area contributed by atoms with Crippen LogP contribution < -0.4 is 0 Å². The van der Waals surface area contributed by atoms with Gasteiger partial charge in [-0.15, -0.1) is 0 Å². The van der Waals surface area contributed by atoms with Crippen LogP contribution in [0, 0.1) is 33.5 Å². The summed E-state index contributed by atoms with van der Waals surface area (Å²) in [4.78, 5) is 0. The van der Waals surface area contributed by atoms with E-state index >= 15 is 0 Å². The predicted octanol–water partition coefficient (Wildman–Crippen LogP) is 5.75. The number of hydrogen-bond donors (Lipinski definition) is 0. The molecule has 0 amide bonds. The van der Waals surface area contributed by atoms with Crippen LogP contribution in [0.25, 0.3) is 0 Å². The maximum atomic E-state index is 2.69. The Balaban J connectivity index is 1.81. The Hall–Kier alpha value is -0.520. The van der Waals surface area contributed by atoms with Crippen molar-refractivity contribution in [1.82, 2.24) is 0 Å². The third kappa shape index (κ3) is 1.14. The average molecular weight is 270 g/mol. The van der Waals surface area contributed by atoms with Crippen molar-refractivity contribution in [2.45, 2.75) is 67.2 Å². The number of allylic oxidation sites excluding steroid dienone is 4. The molecule has 0 radical (unpaired) electrons. The van der Waals surface area contributed by atoms with Gasteiger partial charge in [0.25, 0.3) is 0 Å². The van der Waals surface area contributed by atoms with E-state index in [9.17, 15) is 0 Å². The van der Waals surface area contributed by atoms with E-state index in [1.807, 2.05) is 0 Å². The molecule has 2 fully saturated rings. The second-order valence-corrected chi connectivity index (χ2v) is 9.61. The second-order valence-electron chi connectivity index (χ2n) is 9.61. The highest BCUT2D eigenvalue weighted by Gasteiger charge is 2.62. The summed E-state index contributed by atoms with van der Waals surface area (Å²) < 4.78 is 0. The molecule has 0 aromatic rings. The fraction of sp³-hybridized carbons (Fsp3) is 0.800. The van der Waals surface area contributed by atoms with Crippen LogP contribution in [0.15, 0.2) is 23.3 Å². The summed E-state index contributed by atoms with van der Waals surface area (Å²) in [5, 5.41) is 0. The lowest BCUT2D eigenvalue weighted by Crippen LogP contribution is -2.32. The highest BCUT2D eigenvalue weighted by Crippen LogP contribution is 2.72. The highest BCUT2D eigenvalue weighted by atomic mass is 14.7. The molecular formula is C20H30. The van der Waals surface area contributed by atoms with Crippen molar-refractivity contribution in [2.75, 3.05) is 0 Å². The van der Waals surface area contributed by atoms with E-state index < -0.39 is 0 Å². The zero-order valence-corrected chi connectivity index (χ0v) is 14.1. The molecule has 4 atom stereocenters. The summed E-state index contributed by atoms with van der Waals surface area (Å²) in [5.41, 5.74) is 5.31. The predicted molar refractivity (Wildman–Crippen MR) is 85.4 cm³/mol. The molecule has 0 heteroatoms. The van der Waals surface area contributed by atoms with E-state index in [0.717, 1.165) is 11.8 Å². The van der Waals surface area contributed by atoms with E-state index in [2.05, 4.69) is 53.7 Å². The summed E-state index contributed by atoms with van der Waals surface area (Å²) in [6.45, 7) is 15.1. The molecule has 0 aromatic heterocycles. The van der Waals surface area contributed by atoms with Crippen LogP contribution in [0.5, 0.6) is 0 Å². The minimum Gasteiger partial charge on any atom is -0.0768 e. The molecule has 0 aliphatic heterocycles. The van der Waals surface area contributed by atoms with Gasteiger partial charge in [0.2, 0.25) is 0 Å². The fourth-order valence-corrected chi connectivity index (χ4v) is 6.15. The van der Waals surface area contributed by atoms with Crippen molar-refractivity contribution < 1.29 is 0 Å². The van der Waals surface area contributed by atoms with E-state index in [4.69, 9.17) is 0 Å². The smallest absolute Gasteiger partial charge is 0.00186 e. The van der Waals surface area contributed by atoms with Crippen molar-refractivity contribution >= 4 is 0 Å². The van der Waals surface area contributed by atoms with Crippen LogP contribution in [0.2, 0.25) is 0 Å². The molecule has 0 nitrogen and oxygen atoms in total. The molecule has 0 N–H and O–H groups in total.